The Labute approximate surface area is 209 Å². The molecule has 6 heteroatoms. The maximum atomic E-state index is 15.0. The second-order valence-electron chi connectivity index (χ2n) is 9.08. The molecule has 0 unspecified atom stereocenters. The van der Waals surface area contributed by atoms with Crippen LogP contribution in [0.3, 0.4) is 0 Å². The van der Waals surface area contributed by atoms with Crippen molar-refractivity contribution in [1.29, 1.82) is 0 Å². The Hall–Kier alpha value is -3.28. The summed E-state index contributed by atoms with van der Waals surface area (Å²) < 4.78 is 68.8. The third kappa shape index (κ3) is 5.58. The minimum absolute atomic E-state index is 0.0176. The van der Waals surface area contributed by atoms with Crippen molar-refractivity contribution in [3.05, 3.63) is 95.1 Å². The summed E-state index contributed by atoms with van der Waals surface area (Å²) in [6.45, 7) is 3.88. The fraction of sp³-hybridized carbons (Fsp3) is 0.333. The maximum Gasteiger partial charge on any atom is 0.204 e. The Morgan fingerprint density at radius 1 is 0.750 bits per heavy atom. The van der Waals surface area contributed by atoms with Gasteiger partial charge >= 0.3 is 0 Å². The van der Waals surface area contributed by atoms with E-state index in [1.54, 1.807) is 43.3 Å². The lowest BCUT2D eigenvalue weighted by atomic mass is 9.78. The molecular formula is C30H30F4O2. The first kappa shape index (κ1) is 25.8. The molecule has 36 heavy (non-hydrogen) atoms. The average molecular weight is 499 g/mol. The number of allylic oxidation sites excluding steroid dienone is 2. The van der Waals surface area contributed by atoms with Crippen LogP contribution in [0.25, 0.3) is 11.1 Å². The summed E-state index contributed by atoms with van der Waals surface area (Å²) in [6, 6.07) is 12.7. The molecule has 0 saturated heterocycles. The number of hydrogen-bond acceptors (Lipinski definition) is 2. The molecule has 1 aliphatic carbocycles. The van der Waals surface area contributed by atoms with E-state index in [0.29, 0.717) is 22.6 Å². The SMILES string of the molecule is C/C=C/C1CCC(c2ccc(-c3ccc(COc4ccc(OCC)c(F)c4F)cc3)c(F)c2F)CC1. The molecule has 0 N–H and O–H groups in total. The van der Waals surface area contributed by atoms with Gasteiger partial charge in [-0.3, -0.25) is 0 Å². The van der Waals surface area contributed by atoms with E-state index in [9.17, 15) is 8.78 Å². The summed E-state index contributed by atoms with van der Waals surface area (Å²) in [5.41, 5.74) is 1.83. The molecule has 1 saturated carbocycles. The normalized spacial score (nSPS) is 17.9. The molecule has 3 aromatic rings. The zero-order valence-corrected chi connectivity index (χ0v) is 20.5. The minimum Gasteiger partial charge on any atom is -0.491 e. The first-order valence-corrected chi connectivity index (χ1v) is 12.4. The van der Waals surface area contributed by atoms with Gasteiger partial charge in [0.1, 0.15) is 6.61 Å². The highest BCUT2D eigenvalue weighted by Crippen LogP contribution is 2.39. The van der Waals surface area contributed by atoms with E-state index in [0.717, 1.165) is 25.7 Å². The largest absolute Gasteiger partial charge is 0.491 e. The number of benzene rings is 3. The van der Waals surface area contributed by atoms with Crippen LogP contribution in [0.1, 0.15) is 56.6 Å². The van der Waals surface area contributed by atoms with Crippen LogP contribution in [0.15, 0.2) is 60.7 Å². The van der Waals surface area contributed by atoms with Gasteiger partial charge in [-0.2, -0.15) is 8.78 Å². The minimum atomic E-state index is -1.12. The van der Waals surface area contributed by atoms with Crippen molar-refractivity contribution >= 4 is 0 Å². The quantitative estimate of drug-likeness (QED) is 0.228. The van der Waals surface area contributed by atoms with Crippen LogP contribution in [-0.2, 0) is 6.61 Å². The van der Waals surface area contributed by atoms with Crippen LogP contribution in [0.4, 0.5) is 17.6 Å². The number of halogens is 4. The van der Waals surface area contributed by atoms with Crippen molar-refractivity contribution in [2.45, 2.75) is 52.1 Å². The summed E-state index contributed by atoms with van der Waals surface area (Å²) >= 11 is 0. The van der Waals surface area contributed by atoms with Crippen LogP contribution in [0.5, 0.6) is 11.5 Å². The highest BCUT2D eigenvalue weighted by molar-refractivity contribution is 5.65. The van der Waals surface area contributed by atoms with Gasteiger partial charge in [-0.05, 0) is 80.2 Å². The molecule has 1 fully saturated rings. The monoisotopic (exact) mass is 498 g/mol. The molecule has 0 bridgehead atoms. The van der Waals surface area contributed by atoms with E-state index >= 15 is 8.78 Å². The van der Waals surface area contributed by atoms with Crippen LogP contribution in [-0.4, -0.2) is 6.61 Å². The Morgan fingerprint density at radius 2 is 1.39 bits per heavy atom. The van der Waals surface area contributed by atoms with E-state index in [1.165, 1.54) is 12.1 Å². The second kappa shape index (κ2) is 11.6. The summed E-state index contributed by atoms with van der Waals surface area (Å²) in [5.74, 6) is -3.70. The number of rotatable bonds is 8. The topological polar surface area (TPSA) is 18.5 Å². The lowest BCUT2D eigenvalue weighted by molar-refractivity contribution is 0.274. The van der Waals surface area contributed by atoms with Crippen LogP contribution in [0, 0.1) is 29.2 Å². The maximum absolute atomic E-state index is 15.0. The number of ether oxygens (including phenoxy) is 2. The molecule has 0 amide bonds. The van der Waals surface area contributed by atoms with Gasteiger partial charge in [0.25, 0.3) is 0 Å². The molecule has 0 spiro atoms. The molecular weight excluding hydrogens is 468 g/mol. The molecule has 0 heterocycles. The Morgan fingerprint density at radius 3 is 2.00 bits per heavy atom. The fourth-order valence-corrected chi connectivity index (χ4v) is 4.83. The van der Waals surface area contributed by atoms with E-state index in [4.69, 9.17) is 9.47 Å². The summed E-state index contributed by atoms with van der Waals surface area (Å²) in [6.07, 6.45) is 7.90. The predicted molar refractivity (Wildman–Crippen MR) is 133 cm³/mol. The molecule has 0 aromatic heterocycles. The molecule has 0 aliphatic heterocycles. The summed E-state index contributed by atoms with van der Waals surface area (Å²) in [4.78, 5) is 0. The second-order valence-corrected chi connectivity index (χ2v) is 9.08. The van der Waals surface area contributed by atoms with Gasteiger partial charge in [0.05, 0.1) is 6.61 Å². The van der Waals surface area contributed by atoms with Gasteiger partial charge in [-0.1, -0.05) is 48.6 Å². The van der Waals surface area contributed by atoms with Gasteiger partial charge in [-0.15, -0.1) is 0 Å². The molecule has 1 aliphatic rings. The Bertz CT molecular complexity index is 1210. The van der Waals surface area contributed by atoms with Gasteiger partial charge in [0, 0.05) is 5.56 Å². The first-order chi connectivity index (χ1) is 17.4. The van der Waals surface area contributed by atoms with E-state index < -0.39 is 23.3 Å². The van der Waals surface area contributed by atoms with Gasteiger partial charge in [0.15, 0.2) is 23.1 Å². The average Bonchev–Trinajstić information content (AvgIpc) is 2.89. The third-order valence-electron chi connectivity index (χ3n) is 6.76. The zero-order valence-electron chi connectivity index (χ0n) is 20.5. The van der Waals surface area contributed by atoms with Crippen molar-refractivity contribution in [3.8, 4) is 22.6 Å². The van der Waals surface area contributed by atoms with Gasteiger partial charge in [-0.25, -0.2) is 8.78 Å². The van der Waals surface area contributed by atoms with Crippen molar-refractivity contribution in [3.63, 3.8) is 0 Å². The van der Waals surface area contributed by atoms with Gasteiger partial charge in [0.2, 0.25) is 11.6 Å². The lowest BCUT2D eigenvalue weighted by Gasteiger charge is -2.27. The molecule has 0 atom stereocenters. The van der Waals surface area contributed by atoms with E-state index in [1.807, 2.05) is 6.92 Å². The predicted octanol–water partition coefficient (Wildman–Crippen LogP) is 8.74. The lowest BCUT2D eigenvalue weighted by Crippen LogP contribution is -2.13. The standard InChI is InChI=1S/C30H30F4O2/c1-3-5-19-6-10-21(11-7-19)23-14-15-24(28(32)27(23)31)22-12-8-20(9-13-22)18-36-26-17-16-25(35-4-2)29(33)30(26)34/h3,5,8-9,12-17,19,21H,4,6-7,10-11,18H2,1-2H3/b5-3+. The smallest absolute Gasteiger partial charge is 0.204 e. The van der Waals surface area contributed by atoms with E-state index in [2.05, 4.69) is 12.2 Å². The summed E-state index contributed by atoms with van der Waals surface area (Å²) in [5, 5.41) is 0. The van der Waals surface area contributed by atoms with Gasteiger partial charge < -0.3 is 9.47 Å². The Kier molecular flexibility index (Phi) is 8.34. The molecule has 0 radical (unpaired) electrons. The highest BCUT2D eigenvalue weighted by atomic mass is 19.2. The molecule has 3 aromatic carbocycles. The van der Waals surface area contributed by atoms with Crippen molar-refractivity contribution < 1.29 is 27.0 Å². The van der Waals surface area contributed by atoms with Crippen molar-refractivity contribution in [2.24, 2.45) is 5.92 Å². The van der Waals surface area contributed by atoms with Crippen LogP contribution >= 0.6 is 0 Å². The molecule has 190 valence electrons. The van der Waals surface area contributed by atoms with Crippen LogP contribution < -0.4 is 9.47 Å². The molecule has 2 nitrogen and oxygen atoms in total. The zero-order chi connectivity index (χ0) is 25.7. The van der Waals surface area contributed by atoms with Crippen molar-refractivity contribution in [1.82, 2.24) is 0 Å². The number of hydrogen-bond donors (Lipinski definition) is 0. The van der Waals surface area contributed by atoms with Crippen LogP contribution in [0.2, 0.25) is 0 Å². The first-order valence-electron chi connectivity index (χ1n) is 12.4. The van der Waals surface area contributed by atoms with E-state index in [-0.39, 0.29) is 36.2 Å². The third-order valence-corrected chi connectivity index (χ3v) is 6.76. The fourth-order valence-electron chi connectivity index (χ4n) is 4.83. The highest BCUT2D eigenvalue weighted by Gasteiger charge is 2.25. The summed E-state index contributed by atoms with van der Waals surface area (Å²) in [7, 11) is 0. The Balaban J connectivity index is 1.44. The van der Waals surface area contributed by atoms with Crippen molar-refractivity contribution in [2.75, 3.05) is 6.61 Å². The molecule has 4 rings (SSSR count).